The summed E-state index contributed by atoms with van der Waals surface area (Å²) in [4.78, 5) is 40.3. The molecule has 5 aliphatic carbocycles. The van der Waals surface area contributed by atoms with Crippen molar-refractivity contribution in [1.29, 1.82) is 0 Å². The lowest BCUT2D eigenvalue weighted by atomic mass is 9.33. The summed E-state index contributed by atoms with van der Waals surface area (Å²) in [5.74, 6) is -3.40. The van der Waals surface area contributed by atoms with Gasteiger partial charge < -0.3 is 94.1 Å². The molecule has 0 bridgehead atoms. The van der Waals surface area contributed by atoms with Gasteiger partial charge in [-0.2, -0.15) is 0 Å². The first kappa shape index (κ1) is 62.0. The van der Waals surface area contributed by atoms with Gasteiger partial charge in [0.25, 0.3) is 0 Å². The van der Waals surface area contributed by atoms with E-state index in [1.807, 2.05) is 13.8 Å². The number of aliphatic carboxylic acids is 1. The molecule has 0 spiro atoms. The summed E-state index contributed by atoms with van der Waals surface area (Å²) >= 11 is 0. The Balaban J connectivity index is 1.12. The topological polar surface area (TPSA) is 348 Å². The molecule has 8 rings (SSSR count). The van der Waals surface area contributed by atoms with Crippen LogP contribution < -0.4 is 0 Å². The van der Waals surface area contributed by atoms with Crippen molar-refractivity contribution in [1.82, 2.24) is 0 Å². The number of fused-ring (bicyclic) bond motifs is 7. The van der Waals surface area contributed by atoms with Crippen molar-refractivity contribution in [2.24, 2.45) is 50.2 Å². The van der Waals surface area contributed by atoms with Crippen LogP contribution in [0.25, 0.3) is 0 Å². The second-order valence-corrected chi connectivity index (χ2v) is 26.0. The van der Waals surface area contributed by atoms with Crippen LogP contribution in [-0.2, 0) is 52.3 Å². The highest BCUT2D eigenvalue weighted by atomic mass is 16.8. The number of aliphatic hydroxyl groups excluding tert-OH is 10. The van der Waals surface area contributed by atoms with Crippen molar-refractivity contribution in [2.45, 2.75) is 232 Å². The largest absolute Gasteiger partial charge is 0.479 e. The van der Waals surface area contributed by atoms with Gasteiger partial charge in [-0.25, -0.2) is 14.4 Å². The molecule has 8 aliphatic rings. The minimum Gasteiger partial charge on any atom is -0.479 e. The molecule has 0 aromatic heterocycles. The van der Waals surface area contributed by atoms with Gasteiger partial charge in [0.05, 0.1) is 37.4 Å². The fraction of sp³-hybridized carbons (Fsp3) is 0.842. The summed E-state index contributed by atoms with van der Waals surface area (Å²) in [7, 11) is 0. The second kappa shape index (κ2) is 22.5. The number of carbonyl (C=O) groups excluding carboxylic acids is 2. The predicted molar refractivity (Wildman–Crippen MR) is 275 cm³/mol. The maximum absolute atomic E-state index is 13.8. The summed E-state index contributed by atoms with van der Waals surface area (Å²) in [6, 6.07) is 0. The number of carbonyl (C=O) groups is 3. The smallest absolute Gasteiger partial charge is 0.335 e. The highest BCUT2D eigenvalue weighted by Crippen LogP contribution is 2.76. The Morgan fingerprint density at radius 1 is 0.684 bits per heavy atom. The maximum Gasteiger partial charge on any atom is 0.335 e. The first-order valence-electron chi connectivity index (χ1n) is 28.0. The highest BCUT2D eigenvalue weighted by molar-refractivity contribution is 5.89. The number of esters is 2. The second-order valence-electron chi connectivity index (χ2n) is 26.0. The lowest BCUT2D eigenvalue weighted by molar-refractivity contribution is -0.392. The number of aliphatic hydroxyl groups is 10. The highest BCUT2D eigenvalue weighted by Gasteiger charge is 2.74. The van der Waals surface area contributed by atoms with Crippen LogP contribution in [0.2, 0.25) is 0 Å². The van der Waals surface area contributed by atoms with Crippen molar-refractivity contribution >= 4 is 17.9 Å². The van der Waals surface area contributed by atoms with E-state index in [9.17, 15) is 70.6 Å². The Bertz CT molecular complexity index is 2350. The van der Waals surface area contributed by atoms with E-state index in [2.05, 4.69) is 40.7 Å². The zero-order chi connectivity index (χ0) is 58.4. The average molecular weight is 1130 g/mol. The molecule has 3 saturated heterocycles. The summed E-state index contributed by atoms with van der Waals surface area (Å²) in [6.45, 7) is 19.6. The van der Waals surface area contributed by atoms with Crippen LogP contribution in [0.5, 0.6) is 0 Å². The molecule has 448 valence electrons. The molecule has 11 N–H and O–H groups in total. The van der Waals surface area contributed by atoms with E-state index in [0.717, 1.165) is 5.57 Å². The van der Waals surface area contributed by atoms with E-state index in [1.165, 1.54) is 0 Å². The first-order chi connectivity index (χ1) is 36.9. The molecule has 3 heterocycles. The van der Waals surface area contributed by atoms with Crippen LogP contribution in [-0.4, -0.2) is 204 Å². The summed E-state index contributed by atoms with van der Waals surface area (Å²) in [6.07, 6.45) is -20.6. The minimum absolute atomic E-state index is 0.0231. The van der Waals surface area contributed by atoms with E-state index >= 15 is 0 Å². The van der Waals surface area contributed by atoms with Crippen LogP contribution in [0.4, 0.5) is 0 Å². The number of hydrogen-bond donors (Lipinski definition) is 11. The van der Waals surface area contributed by atoms with E-state index in [4.69, 9.17) is 37.9 Å². The third kappa shape index (κ3) is 10.1. The number of ether oxygens (including phenoxy) is 8. The Morgan fingerprint density at radius 2 is 1.29 bits per heavy atom. The third-order valence-corrected chi connectivity index (χ3v) is 21.2. The predicted octanol–water partition coefficient (Wildman–Crippen LogP) is 1.29. The Morgan fingerprint density at radius 3 is 1.89 bits per heavy atom. The number of hydrogen-bond acceptors (Lipinski definition) is 21. The third-order valence-electron chi connectivity index (χ3n) is 21.2. The van der Waals surface area contributed by atoms with E-state index in [0.29, 0.717) is 49.7 Å². The molecule has 25 atom stereocenters. The SMILES string of the molecule is C/C=C(/C)C(=O)O[C@H]1[C@H](OC(=O)/C(C)=C\C)[C@@]2(CO)C(CC1(C)C)C1=CCC3[C@@]4(C)CC[C@H](O[C@@H]5OC(C(=O)O)[C@@H](O)[C@@H](O[C@@H]6OC[C@@H](O)[C@@H](O)C6O)C5O[C@@H]5OC(CO)[C@H](O)[C@@H](O)C5O)C(C)(C)C4CC[C@@]3(C)[C@]1(C)C[C@H]2O. The average Bonchev–Trinajstić information content (AvgIpc) is 3.49. The summed E-state index contributed by atoms with van der Waals surface area (Å²) in [5.41, 5.74) is -2.71. The van der Waals surface area contributed by atoms with Gasteiger partial charge in [0.1, 0.15) is 67.1 Å². The molecule has 0 aromatic rings. The Kier molecular flexibility index (Phi) is 17.7. The van der Waals surface area contributed by atoms with Gasteiger partial charge in [-0.05, 0) is 112 Å². The monoisotopic (exact) mass is 1120 g/mol. The fourth-order valence-corrected chi connectivity index (χ4v) is 16.1. The van der Waals surface area contributed by atoms with Gasteiger partial charge in [-0.15, -0.1) is 0 Å². The molecular formula is C57H88O22. The molecule has 0 radical (unpaired) electrons. The molecule has 22 nitrogen and oxygen atoms in total. The van der Waals surface area contributed by atoms with E-state index in [1.54, 1.807) is 39.8 Å². The maximum atomic E-state index is 13.8. The van der Waals surface area contributed by atoms with Crippen molar-refractivity contribution in [3.63, 3.8) is 0 Å². The number of carboxylic acid groups (broad SMARTS) is 1. The summed E-state index contributed by atoms with van der Waals surface area (Å²) in [5, 5.41) is 121. The molecule has 8 unspecified atom stereocenters. The van der Waals surface area contributed by atoms with E-state index in [-0.39, 0.29) is 23.7 Å². The molecule has 22 heteroatoms. The van der Waals surface area contributed by atoms with Crippen LogP contribution >= 0.6 is 0 Å². The van der Waals surface area contributed by atoms with Gasteiger partial charge in [0.15, 0.2) is 31.1 Å². The molecule has 4 saturated carbocycles. The normalized spacial score (nSPS) is 48.7. The van der Waals surface area contributed by atoms with Gasteiger partial charge in [0, 0.05) is 16.6 Å². The number of rotatable bonds is 13. The van der Waals surface area contributed by atoms with Gasteiger partial charge in [-0.1, -0.05) is 72.3 Å². The zero-order valence-corrected chi connectivity index (χ0v) is 47.3. The number of allylic oxidation sites excluding steroid dienone is 4. The van der Waals surface area contributed by atoms with Crippen LogP contribution in [0, 0.1) is 50.2 Å². The molecule has 0 amide bonds. The fourth-order valence-electron chi connectivity index (χ4n) is 16.1. The van der Waals surface area contributed by atoms with Crippen molar-refractivity contribution < 1.29 is 108 Å². The molecule has 3 aliphatic heterocycles. The van der Waals surface area contributed by atoms with E-state index < -0.39 is 181 Å². The standard InChI is InChI=1S/C57H88O22/c1-12-25(3)47(70)78-44-45(79-48(71)26(4)13-2)57(24-59)28(20-52(44,5)6)27-14-15-32-54(9)18-17-34(53(7,8)31(54)16-19-55(32,10)56(27,11)21-33(57)61)74-51-43(77-50-39(66)37(64)36(63)30(22-58)73-50)41(40(67)42(76-51)46(68)69)75-49-38(65)35(62)29(60)23-72-49/h12-14,28-45,49-51,58-67H,15-24H2,1-11H3,(H,68,69)/b25-12-,26-13-/t28?,29-,30?,31?,32?,33-,34+,35-,36+,37-,38?,39?,40+,41-,42?,43?,44+,45+,49+,50+,51-,54+,55-,56-,57+/m1/s1. The Labute approximate surface area is 461 Å². The molecule has 0 aromatic carbocycles. The van der Waals surface area contributed by atoms with Gasteiger partial charge in [-0.3, -0.25) is 0 Å². The molecule has 7 fully saturated rings. The summed E-state index contributed by atoms with van der Waals surface area (Å²) < 4.78 is 49.1. The van der Waals surface area contributed by atoms with Gasteiger partial charge in [0.2, 0.25) is 0 Å². The Hall–Kier alpha value is -3.01. The number of carboxylic acids is 1. The lowest BCUT2D eigenvalue weighted by Gasteiger charge is -2.72. The molecule has 79 heavy (non-hydrogen) atoms. The van der Waals surface area contributed by atoms with Crippen molar-refractivity contribution in [3.8, 4) is 0 Å². The molecular weight excluding hydrogens is 1040 g/mol. The first-order valence-corrected chi connectivity index (χ1v) is 28.0. The van der Waals surface area contributed by atoms with Gasteiger partial charge >= 0.3 is 17.9 Å². The van der Waals surface area contributed by atoms with Crippen LogP contribution in [0.1, 0.15) is 121 Å². The minimum atomic E-state index is -2.10. The lowest BCUT2D eigenvalue weighted by Crippen LogP contribution is -2.72. The quantitative estimate of drug-likeness (QED) is 0.0536. The van der Waals surface area contributed by atoms with Crippen LogP contribution in [0.15, 0.2) is 34.9 Å². The van der Waals surface area contributed by atoms with Crippen molar-refractivity contribution in [2.75, 3.05) is 19.8 Å². The van der Waals surface area contributed by atoms with Crippen LogP contribution in [0.3, 0.4) is 0 Å². The zero-order valence-electron chi connectivity index (χ0n) is 47.3. The van der Waals surface area contributed by atoms with Crippen molar-refractivity contribution in [3.05, 3.63) is 34.9 Å².